The predicted molar refractivity (Wildman–Crippen MR) is 109 cm³/mol. The van der Waals surface area contributed by atoms with E-state index in [1.807, 2.05) is 36.4 Å². The average molecular weight is 383 g/mol. The Hall–Kier alpha value is -2.37. The van der Waals surface area contributed by atoms with E-state index in [0.717, 1.165) is 60.0 Å². The Kier molecular flexibility index (Phi) is 4.89. The molecular weight excluding hydrogens is 360 g/mol. The van der Waals surface area contributed by atoms with Crippen LogP contribution < -0.4 is 16.4 Å². The van der Waals surface area contributed by atoms with Crippen molar-refractivity contribution in [3.05, 3.63) is 64.2 Å². The largest absolute Gasteiger partial charge is 0.366 e. The molecule has 140 valence electrons. The Morgan fingerprint density at radius 2 is 2.00 bits per heavy atom. The van der Waals surface area contributed by atoms with Gasteiger partial charge >= 0.3 is 0 Å². The molecular formula is C21H23ClN4O. The fraction of sp³-hybridized carbons (Fsp3) is 0.333. The third-order valence-corrected chi connectivity index (χ3v) is 5.78. The number of primary amides is 1. The van der Waals surface area contributed by atoms with Gasteiger partial charge < -0.3 is 16.4 Å². The van der Waals surface area contributed by atoms with Crippen LogP contribution in [0, 0.1) is 5.41 Å². The number of fused-ring (bicyclic) bond motifs is 1. The van der Waals surface area contributed by atoms with Crippen LogP contribution in [0.3, 0.4) is 0 Å². The summed E-state index contributed by atoms with van der Waals surface area (Å²) in [5.41, 5.74) is 9.22. The lowest BCUT2D eigenvalue weighted by Gasteiger charge is -2.43. The summed E-state index contributed by atoms with van der Waals surface area (Å²) >= 11 is 6.11. The van der Waals surface area contributed by atoms with Crippen LogP contribution in [0.5, 0.6) is 0 Å². The number of carbonyl (C=O) groups excluding carboxylic acids is 1. The summed E-state index contributed by atoms with van der Waals surface area (Å²) < 4.78 is 0. The molecule has 27 heavy (non-hydrogen) atoms. The summed E-state index contributed by atoms with van der Waals surface area (Å²) in [7, 11) is 0. The number of nitrogens with two attached hydrogens (primary N) is 1. The highest BCUT2D eigenvalue weighted by Gasteiger charge is 2.41. The Morgan fingerprint density at radius 1 is 1.19 bits per heavy atom. The molecule has 0 bridgehead atoms. The summed E-state index contributed by atoms with van der Waals surface area (Å²) in [5.74, 6) is 0.640. The van der Waals surface area contributed by atoms with Crippen LogP contribution in [-0.2, 0) is 13.0 Å². The van der Waals surface area contributed by atoms with Gasteiger partial charge in [0, 0.05) is 21.7 Å². The Balaban J connectivity index is 1.68. The minimum Gasteiger partial charge on any atom is -0.366 e. The highest BCUT2D eigenvalue weighted by molar-refractivity contribution is 6.30. The van der Waals surface area contributed by atoms with Crippen molar-refractivity contribution in [3.8, 4) is 0 Å². The fourth-order valence-corrected chi connectivity index (χ4v) is 4.27. The first-order chi connectivity index (χ1) is 13.1. The second-order valence-electron chi connectivity index (χ2n) is 7.36. The van der Waals surface area contributed by atoms with Crippen molar-refractivity contribution in [1.29, 1.82) is 0 Å². The topological polar surface area (TPSA) is 79.5 Å². The number of hydrogen-bond donors (Lipinski definition) is 3. The van der Waals surface area contributed by atoms with E-state index in [0.29, 0.717) is 12.1 Å². The van der Waals surface area contributed by atoms with Gasteiger partial charge in [-0.15, -0.1) is 0 Å². The molecule has 1 spiro atoms. The van der Waals surface area contributed by atoms with E-state index in [2.05, 4.69) is 10.6 Å². The first-order valence-corrected chi connectivity index (χ1v) is 9.63. The molecule has 4 N–H and O–H groups in total. The lowest BCUT2D eigenvalue weighted by molar-refractivity contribution is 0.1000. The summed E-state index contributed by atoms with van der Waals surface area (Å²) in [4.78, 5) is 16.5. The molecule has 2 aliphatic heterocycles. The molecule has 5 nitrogen and oxygen atoms in total. The number of aliphatic imine (C=N–C) groups is 1. The maximum absolute atomic E-state index is 11.6. The first kappa shape index (κ1) is 18.0. The zero-order chi connectivity index (χ0) is 18.9. The highest BCUT2D eigenvalue weighted by Crippen LogP contribution is 2.41. The lowest BCUT2D eigenvalue weighted by atomic mass is 9.70. The predicted octanol–water partition coefficient (Wildman–Crippen LogP) is 3.38. The van der Waals surface area contributed by atoms with Crippen LogP contribution >= 0.6 is 11.6 Å². The molecule has 1 fully saturated rings. The van der Waals surface area contributed by atoms with E-state index in [1.165, 1.54) is 0 Å². The van der Waals surface area contributed by atoms with E-state index >= 15 is 0 Å². The van der Waals surface area contributed by atoms with Gasteiger partial charge in [0.2, 0.25) is 5.91 Å². The van der Waals surface area contributed by atoms with E-state index in [4.69, 9.17) is 22.3 Å². The van der Waals surface area contributed by atoms with Crippen molar-refractivity contribution >= 4 is 29.0 Å². The minimum absolute atomic E-state index is 0.0346. The number of rotatable bonds is 3. The van der Waals surface area contributed by atoms with Crippen molar-refractivity contribution in [2.75, 3.05) is 18.4 Å². The third-order valence-electron chi connectivity index (χ3n) is 5.54. The van der Waals surface area contributed by atoms with Crippen LogP contribution in [0.25, 0.3) is 0 Å². The molecule has 1 amide bonds. The molecule has 0 unspecified atom stereocenters. The molecule has 1 saturated heterocycles. The standard InChI is InChI=1S/C21H23ClN4O/c22-17-3-1-2-14(10-17)13-25-20-21(6-8-24-9-7-21)12-16-11-15(19(23)27)4-5-18(16)26-20/h1-5,10-11,24H,6-9,12-13H2,(H2,23,27)(H,25,26). The lowest BCUT2D eigenvalue weighted by Crippen LogP contribution is -2.48. The second-order valence-corrected chi connectivity index (χ2v) is 7.80. The minimum atomic E-state index is -0.391. The van der Waals surface area contributed by atoms with Gasteiger partial charge in [0.25, 0.3) is 0 Å². The van der Waals surface area contributed by atoms with Crippen molar-refractivity contribution < 1.29 is 4.79 Å². The van der Waals surface area contributed by atoms with Crippen LogP contribution in [-0.4, -0.2) is 24.8 Å². The van der Waals surface area contributed by atoms with Crippen molar-refractivity contribution in [3.63, 3.8) is 0 Å². The number of anilines is 1. The van der Waals surface area contributed by atoms with Crippen LogP contribution in [0.2, 0.25) is 5.02 Å². The van der Waals surface area contributed by atoms with Gasteiger partial charge in [-0.1, -0.05) is 23.7 Å². The number of nitrogens with one attached hydrogen (secondary N) is 2. The van der Waals surface area contributed by atoms with Gasteiger partial charge in [0.1, 0.15) is 5.84 Å². The van der Waals surface area contributed by atoms with Crippen LogP contribution in [0.15, 0.2) is 47.5 Å². The van der Waals surface area contributed by atoms with E-state index in [9.17, 15) is 4.79 Å². The van der Waals surface area contributed by atoms with E-state index in [1.54, 1.807) is 6.07 Å². The van der Waals surface area contributed by atoms with E-state index in [-0.39, 0.29) is 5.41 Å². The number of hydrogen-bond acceptors (Lipinski definition) is 3. The van der Waals surface area contributed by atoms with Gasteiger partial charge in [0.05, 0.1) is 6.54 Å². The number of amidine groups is 1. The first-order valence-electron chi connectivity index (χ1n) is 9.26. The molecule has 2 heterocycles. The molecule has 6 heteroatoms. The summed E-state index contributed by atoms with van der Waals surface area (Å²) in [5, 5.41) is 7.71. The van der Waals surface area contributed by atoms with Crippen molar-refractivity contribution in [1.82, 2.24) is 5.32 Å². The summed E-state index contributed by atoms with van der Waals surface area (Å²) in [6, 6.07) is 13.4. The molecule has 2 aliphatic rings. The zero-order valence-corrected chi connectivity index (χ0v) is 15.9. The number of piperidine rings is 1. The van der Waals surface area contributed by atoms with Crippen molar-refractivity contribution in [2.45, 2.75) is 25.8 Å². The summed E-state index contributed by atoms with van der Waals surface area (Å²) in [6.07, 6.45) is 2.88. The fourth-order valence-electron chi connectivity index (χ4n) is 4.06. The van der Waals surface area contributed by atoms with Gasteiger partial charge in [-0.3, -0.25) is 9.79 Å². The number of amides is 1. The Morgan fingerprint density at radius 3 is 2.74 bits per heavy atom. The third kappa shape index (κ3) is 3.70. The average Bonchev–Trinajstić information content (AvgIpc) is 2.66. The molecule has 2 aromatic rings. The Labute approximate surface area is 164 Å². The molecule has 4 rings (SSSR count). The maximum Gasteiger partial charge on any atom is 0.248 e. The molecule has 0 aromatic heterocycles. The van der Waals surface area contributed by atoms with Gasteiger partial charge in [-0.2, -0.15) is 0 Å². The maximum atomic E-state index is 11.6. The monoisotopic (exact) mass is 382 g/mol. The molecule has 0 radical (unpaired) electrons. The number of carbonyl (C=O) groups is 1. The summed E-state index contributed by atoms with van der Waals surface area (Å²) in [6.45, 7) is 2.51. The van der Waals surface area contributed by atoms with Gasteiger partial charge in [0.15, 0.2) is 0 Å². The normalized spacial score (nSPS) is 19.5. The Bertz CT molecular complexity index is 903. The highest BCUT2D eigenvalue weighted by atomic mass is 35.5. The quantitative estimate of drug-likeness (QED) is 0.761. The molecule has 0 atom stereocenters. The molecule has 0 aliphatic carbocycles. The SMILES string of the molecule is NC(=O)c1ccc2c(c1)CC1(CCNCC1)C(=NCc1cccc(Cl)c1)N2. The number of benzene rings is 2. The van der Waals surface area contributed by atoms with Crippen molar-refractivity contribution in [2.24, 2.45) is 16.1 Å². The van der Waals surface area contributed by atoms with Crippen LogP contribution in [0.4, 0.5) is 5.69 Å². The second kappa shape index (κ2) is 7.33. The smallest absolute Gasteiger partial charge is 0.248 e. The zero-order valence-electron chi connectivity index (χ0n) is 15.1. The molecule has 2 aromatic carbocycles. The van der Waals surface area contributed by atoms with E-state index < -0.39 is 5.91 Å². The van der Waals surface area contributed by atoms with Crippen LogP contribution in [0.1, 0.15) is 34.3 Å². The number of nitrogens with zero attached hydrogens (tertiary/aromatic N) is 1. The molecule has 0 saturated carbocycles. The number of halogens is 1. The van der Waals surface area contributed by atoms with Gasteiger partial charge in [-0.05, 0) is 73.8 Å². The van der Waals surface area contributed by atoms with Gasteiger partial charge in [-0.25, -0.2) is 0 Å².